The third-order valence-corrected chi connectivity index (χ3v) is 5.41. The van der Waals surface area contributed by atoms with Crippen molar-refractivity contribution in [2.24, 2.45) is 5.92 Å². The lowest BCUT2D eigenvalue weighted by atomic mass is 10.1. The Morgan fingerprint density at radius 2 is 2.00 bits per heavy atom. The first-order chi connectivity index (χ1) is 13.4. The zero-order chi connectivity index (χ0) is 19.8. The van der Waals surface area contributed by atoms with E-state index in [0.717, 1.165) is 28.4 Å². The Balaban J connectivity index is 1.49. The molecule has 4 rings (SSSR count). The maximum atomic E-state index is 13.4. The highest BCUT2D eigenvalue weighted by molar-refractivity contribution is 7.22. The third kappa shape index (κ3) is 3.53. The van der Waals surface area contributed by atoms with Gasteiger partial charge >= 0.3 is 0 Å². The van der Waals surface area contributed by atoms with Crippen LogP contribution in [-0.2, 0) is 9.59 Å². The van der Waals surface area contributed by atoms with Crippen LogP contribution in [0.1, 0.15) is 6.42 Å². The number of methoxy groups -OCH3 is 1. The number of fused-ring (bicyclic) bond motifs is 1. The Bertz CT molecular complexity index is 1070. The summed E-state index contributed by atoms with van der Waals surface area (Å²) < 4.78 is 32.9. The number of nitrogens with one attached hydrogen (secondary N) is 1. The number of hydrogen-bond acceptors (Lipinski definition) is 5. The maximum absolute atomic E-state index is 13.4. The molecule has 6 nitrogen and oxygen atoms in total. The van der Waals surface area contributed by atoms with E-state index in [9.17, 15) is 18.4 Å². The van der Waals surface area contributed by atoms with Gasteiger partial charge in [-0.1, -0.05) is 11.3 Å². The van der Waals surface area contributed by atoms with Gasteiger partial charge in [-0.25, -0.2) is 13.8 Å². The van der Waals surface area contributed by atoms with Crippen LogP contribution in [0.3, 0.4) is 0 Å². The summed E-state index contributed by atoms with van der Waals surface area (Å²) in [5.41, 5.74) is 0.824. The van der Waals surface area contributed by atoms with Crippen LogP contribution in [-0.4, -0.2) is 30.5 Å². The fourth-order valence-electron chi connectivity index (χ4n) is 3.12. The quantitative estimate of drug-likeness (QED) is 0.723. The second-order valence-electron chi connectivity index (χ2n) is 6.37. The van der Waals surface area contributed by atoms with Crippen LogP contribution in [0.25, 0.3) is 10.2 Å². The fraction of sp³-hybridized carbons (Fsp3) is 0.211. The number of thiazole rings is 1. The van der Waals surface area contributed by atoms with E-state index >= 15 is 0 Å². The molecule has 0 bridgehead atoms. The third-order valence-electron chi connectivity index (χ3n) is 4.48. The van der Waals surface area contributed by atoms with Crippen LogP contribution in [0.5, 0.6) is 5.75 Å². The van der Waals surface area contributed by atoms with Gasteiger partial charge in [-0.3, -0.25) is 9.59 Å². The van der Waals surface area contributed by atoms with Crippen molar-refractivity contribution < 1.29 is 23.1 Å². The largest absolute Gasteiger partial charge is 0.497 e. The average molecular weight is 403 g/mol. The van der Waals surface area contributed by atoms with Gasteiger partial charge in [0.1, 0.15) is 17.4 Å². The van der Waals surface area contributed by atoms with E-state index in [-0.39, 0.29) is 30.5 Å². The number of carbonyl (C=O) groups excluding carboxylic acids is 2. The Morgan fingerprint density at radius 1 is 1.25 bits per heavy atom. The molecule has 0 radical (unpaired) electrons. The van der Waals surface area contributed by atoms with Crippen LogP contribution in [0.4, 0.5) is 19.6 Å². The van der Waals surface area contributed by atoms with E-state index in [4.69, 9.17) is 4.74 Å². The summed E-state index contributed by atoms with van der Waals surface area (Å²) in [4.78, 5) is 30.4. The molecular formula is C19H15F2N3O3S. The van der Waals surface area contributed by atoms with E-state index in [1.54, 1.807) is 19.2 Å². The van der Waals surface area contributed by atoms with Crippen molar-refractivity contribution in [3.63, 3.8) is 0 Å². The first kappa shape index (κ1) is 18.3. The van der Waals surface area contributed by atoms with Crippen molar-refractivity contribution in [3.8, 4) is 5.75 Å². The molecule has 1 aliphatic heterocycles. The second kappa shape index (κ2) is 7.16. The van der Waals surface area contributed by atoms with Crippen molar-refractivity contribution in [1.82, 2.24) is 4.98 Å². The lowest BCUT2D eigenvalue weighted by Crippen LogP contribution is -2.28. The van der Waals surface area contributed by atoms with Gasteiger partial charge in [0.2, 0.25) is 11.8 Å². The molecule has 1 N–H and O–H groups in total. The molecule has 1 saturated heterocycles. The molecule has 1 atom stereocenters. The van der Waals surface area contributed by atoms with Crippen LogP contribution >= 0.6 is 11.3 Å². The highest BCUT2D eigenvalue weighted by atomic mass is 32.1. The summed E-state index contributed by atoms with van der Waals surface area (Å²) in [5, 5.41) is 3.14. The second-order valence-corrected chi connectivity index (χ2v) is 7.41. The first-order valence-electron chi connectivity index (χ1n) is 8.45. The monoisotopic (exact) mass is 403 g/mol. The van der Waals surface area contributed by atoms with Gasteiger partial charge in [0, 0.05) is 24.7 Å². The Kier molecular flexibility index (Phi) is 4.68. The van der Waals surface area contributed by atoms with Gasteiger partial charge < -0.3 is 15.0 Å². The molecule has 0 spiro atoms. The smallest absolute Gasteiger partial charge is 0.231 e. The van der Waals surface area contributed by atoms with Crippen LogP contribution < -0.4 is 15.0 Å². The van der Waals surface area contributed by atoms with Crippen molar-refractivity contribution in [1.29, 1.82) is 0 Å². The van der Waals surface area contributed by atoms with Gasteiger partial charge in [0.05, 0.1) is 23.2 Å². The predicted molar refractivity (Wildman–Crippen MR) is 102 cm³/mol. The minimum atomic E-state index is -0.777. The summed E-state index contributed by atoms with van der Waals surface area (Å²) >= 11 is 1.30. The van der Waals surface area contributed by atoms with E-state index < -0.39 is 17.6 Å². The molecule has 1 aromatic heterocycles. The normalized spacial score (nSPS) is 16.6. The highest BCUT2D eigenvalue weighted by Crippen LogP contribution is 2.31. The molecule has 1 fully saturated rings. The van der Waals surface area contributed by atoms with Gasteiger partial charge in [0.15, 0.2) is 5.13 Å². The Morgan fingerprint density at radius 3 is 2.71 bits per heavy atom. The number of halogens is 2. The number of ether oxygens (including phenoxy) is 1. The topological polar surface area (TPSA) is 71.5 Å². The highest BCUT2D eigenvalue weighted by Gasteiger charge is 2.35. The molecule has 0 aliphatic carbocycles. The number of anilines is 2. The Hall–Kier alpha value is -3.07. The zero-order valence-corrected chi connectivity index (χ0v) is 15.6. The molecule has 2 aromatic carbocycles. The summed E-state index contributed by atoms with van der Waals surface area (Å²) in [7, 11) is 1.57. The predicted octanol–water partition coefficient (Wildman–Crippen LogP) is 3.57. The molecule has 0 saturated carbocycles. The Labute approximate surface area is 162 Å². The SMILES string of the molecule is COc1ccc2nc(NC(=O)C3CC(=O)N(c4cc(F)cc(F)c4)C3)sc2c1. The first-order valence-corrected chi connectivity index (χ1v) is 9.26. The maximum Gasteiger partial charge on any atom is 0.231 e. The number of aromatic nitrogens is 1. The van der Waals surface area contributed by atoms with Crippen molar-refractivity contribution >= 4 is 44.2 Å². The standard InChI is InChI=1S/C19H15F2N3O3S/c1-27-14-2-3-15-16(8-14)28-19(22-15)23-18(26)10-4-17(25)24(9-10)13-6-11(20)5-12(21)7-13/h2-3,5-8,10H,4,9H2,1H3,(H,22,23,26). The average Bonchev–Trinajstić information content (AvgIpc) is 3.22. The van der Waals surface area contributed by atoms with Crippen LogP contribution in [0.2, 0.25) is 0 Å². The van der Waals surface area contributed by atoms with Crippen LogP contribution in [0.15, 0.2) is 36.4 Å². The molecule has 9 heteroatoms. The molecule has 1 unspecified atom stereocenters. The van der Waals surface area contributed by atoms with Crippen molar-refractivity contribution in [2.45, 2.75) is 6.42 Å². The molecule has 2 heterocycles. The number of hydrogen-bond donors (Lipinski definition) is 1. The number of nitrogens with zero attached hydrogens (tertiary/aromatic N) is 2. The molecular weight excluding hydrogens is 388 g/mol. The summed E-state index contributed by atoms with van der Waals surface area (Å²) in [6.45, 7) is 0.0479. The lowest BCUT2D eigenvalue weighted by Gasteiger charge is -2.16. The van der Waals surface area contributed by atoms with Crippen molar-refractivity contribution in [3.05, 3.63) is 48.0 Å². The number of rotatable bonds is 4. The van der Waals surface area contributed by atoms with Gasteiger partial charge in [0.25, 0.3) is 0 Å². The van der Waals surface area contributed by atoms with E-state index in [1.807, 2.05) is 6.07 Å². The molecule has 3 aromatic rings. The summed E-state index contributed by atoms with van der Waals surface area (Å²) in [6.07, 6.45) is -0.0390. The number of carbonyl (C=O) groups is 2. The fourth-order valence-corrected chi connectivity index (χ4v) is 4.02. The minimum absolute atomic E-state index is 0.0390. The molecule has 2 amide bonds. The number of amides is 2. The zero-order valence-electron chi connectivity index (χ0n) is 14.7. The van der Waals surface area contributed by atoms with E-state index in [1.165, 1.54) is 16.2 Å². The van der Waals surface area contributed by atoms with E-state index in [2.05, 4.69) is 10.3 Å². The van der Waals surface area contributed by atoms with E-state index in [0.29, 0.717) is 10.9 Å². The van der Waals surface area contributed by atoms with Crippen molar-refractivity contribution in [2.75, 3.05) is 23.9 Å². The molecule has 144 valence electrons. The molecule has 1 aliphatic rings. The van der Waals surface area contributed by atoms with Gasteiger partial charge in [-0.15, -0.1) is 0 Å². The van der Waals surface area contributed by atoms with Gasteiger partial charge in [-0.2, -0.15) is 0 Å². The van der Waals surface area contributed by atoms with Gasteiger partial charge in [-0.05, 0) is 30.3 Å². The summed E-state index contributed by atoms with van der Waals surface area (Å²) in [5.74, 6) is -2.23. The number of benzene rings is 2. The minimum Gasteiger partial charge on any atom is -0.497 e. The molecule has 28 heavy (non-hydrogen) atoms. The van der Waals surface area contributed by atoms with Crippen LogP contribution in [0, 0.1) is 17.6 Å². The lowest BCUT2D eigenvalue weighted by molar-refractivity contribution is -0.122. The summed E-state index contributed by atoms with van der Waals surface area (Å²) in [6, 6.07) is 8.27.